The Labute approximate surface area is 69.7 Å². The zero-order valence-corrected chi connectivity index (χ0v) is 8.31. The van der Waals surface area contributed by atoms with Crippen molar-refractivity contribution in [2.75, 3.05) is 14.1 Å². The predicted octanol–water partition coefficient (Wildman–Crippen LogP) is 1.71. The molecule has 0 saturated heterocycles. The van der Waals surface area contributed by atoms with Gasteiger partial charge >= 0.3 is 0 Å². The zero-order valence-electron chi connectivity index (χ0n) is 8.31. The van der Waals surface area contributed by atoms with Gasteiger partial charge in [0.05, 0.1) is 14.1 Å². The average molecular weight is 158 g/mol. The van der Waals surface area contributed by atoms with Gasteiger partial charge in [-0.1, -0.05) is 6.92 Å². The summed E-state index contributed by atoms with van der Waals surface area (Å²) in [5.41, 5.74) is 0.296. The van der Waals surface area contributed by atoms with Gasteiger partial charge in [0.1, 0.15) is 5.70 Å². The van der Waals surface area contributed by atoms with Crippen LogP contribution in [-0.4, -0.2) is 29.4 Å². The van der Waals surface area contributed by atoms with Crippen LogP contribution in [0.3, 0.4) is 0 Å². The van der Waals surface area contributed by atoms with Gasteiger partial charge in [-0.15, -0.1) is 0 Å². The fraction of sp³-hybridized carbons (Fsp3) is 0.778. The summed E-state index contributed by atoms with van der Waals surface area (Å²) in [4.78, 5) is 0. The first-order valence-electron chi connectivity index (χ1n) is 3.98. The van der Waals surface area contributed by atoms with Gasteiger partial charge in [0.25, 0.3) is 0 Å². The summed E-state index contributed by atoms with van der Waals surface area (Å²) in [6.07, 6.45) is 0.900. The molecule has 0 rings (SSSR count). The van der Waals surface area contributed by atoms with Gasteiger partial charge in [0.15, 0.2) is 5.72 Å². The molecular formula is C9H20NO+. The molecule has 2 heteroatoms. The fourth-order valence-corrected chi connectivity index (χ4v) is 0.782. The van der Waals surface area contributed by atoms with E-state index in [1.807, 2.05) is 21.0 Å². The molecule has 0 amide bonds. The number of aliphatic hydroxyl groups is 1. The molecule has 0 unspecified atom stereocenters. The lowest BCUT2D eigenvalue weighted by molar-refractivity contribution is -0.929. The first-order valence-corrected chi connectivity index (χ1v) is 3.98. The number of allylic oxidation sites excluding steroid dienone is 1. The Kier molecular flexibility index (Phi) is 2.86. The molecule has 1 N–H and O–H groups in total. The number of nitrogens with zero attached hydrogens (tertiary/aromatic N) is 1. The summed E-state index contributed by atoms with van der Waals surface area (Å²) in [5, 5.41) is 9.76. The quantitative estimate of drug-likeness (QED) is 0.490. The normalized spacial score (nSPS) is 13.3. The molecule has 0 aliphatic heterocycles. The Bertz CT molecular complexity index is 153. The van der Waals surface area contributed by atoms with Crippen LogP contribution in [-0.2, 0) is 0 Å². The molecular weight excluding hydrogens is 138 g/mol. The highest BCUT2D eigenvalue weighted by Gasteiger charge is 2.35. The van der Waals surface area contributed by atoms with Gasteiger partial charge in [-0.2, -0.15) is 0 Å². The largest absolute Gasteiger partial charge is 0.342 e. The number of rotatable bonds is 3. The molecule has 11 heavy (non-hydrogen) atoms. The Morgan fingerprint density at radius 2 is 1.82 bits per heavy atom. The van der Waals surface area contributed by atoms with Crippen LogP contribution in [0.2, 0.25) is 0 Å². The van der Waals surface area contributed by atoms with E-state index < -0.39 is 5.72 Å². The maximum absolute atomic E-state index is 9.76. The van der Waals surface area contributed by atoms with E-state index in [4.69, 9.17) is 0 Å². The lowest BCUT2D eigenvalue weighted by Crippen LogP contribution is -2.54. The van der Waals surface area contributed by atoms with E-state index in [0.29, 0.717) is 4.48 Å². The summed E-state index contributed by atoms with van der Waals surface area (Å²) in [6.45, 7) is 9.57. The molecule has 2 nitrogen and oxygen atoms in total. The minimum Gasteiger partial charge on any atom is -0.342 e. The Morgan fingerprint density at radius 3 is 1.91 bits per heavy atom. The molecule has 0 heterocycles. The van der Waals surface area contributed by atoms with Crippen molar-refractivity contribution < 1.29 is 9.59 Å². The lowest BCUT2D eigenvalue weighted by Gasteiger charge is -2.41. The van der Waals surface area contributed by atoms with Crippen molar-refractivity contribution in [3.05, 3.63) is 12.3 Å². The van der Waals surface area contributed by atoms with Gasteiger partial charge in [-0.25, -0.2) is 0 Å². The van der Waals surface area contributed by atoms with Crippen molar-refractivity contribution in [3.63, 3.8) is 0 Å². The Balaban J connectivity index is 4.59. The molecule has 0 aliphatic rings. The van der Waals surface area contributed by atoms with E-state index in [9.17, 15) is 5.11 Å². The lowest BCUT2D eigenvalue weighted by atomic mass is 10.1. The van der Waals surface area contributed by atoms with E-state index in [1.54, 1.807) is 13.8 Å². The van der Waals surface area contributed by atoms with Gasteiger partial charge < -0.3 is 5.11 Å². The predicted molar refractivity (Wildman–Crippen MR) is 47.8 cm³/mol. The number of hydrogen-bond donors (Lipinski definition) is 1. The SMILES string of the molecule is C=C(CC)[N+](C)(C)C(C)(C)O. The second-order valence-electron chi connectivity index (χ2n) is 3.87. The third kappa shape index (κ3) is 2.04. The summed E-state index contributed by atoms with van der Waals surface area (Å²) in [7, 11) is 3.93. The monoisotopic (exact) mass is 158 g/mol. The minimum absolute atomic E-state index is 0.462. The second kappa shape index (κ2) is 2.95. The van der Waals surface area contributed by atoms with Crippen molar-refractivity contribution in [3.8, 4) is 0 Å². The van der Waals surface area contributed by atoms with Crippen molar-refractivity contribution in [2.45, 2.75) is 32.9 Å². The van der Waals surface area contributed by atoms with E-state index in [1.165, 1.54) is 0 Å². The van der Waals surface area contributed by atoms with E-state index in [0.717, 1.165) is 12.1 Å². The molecule has 0 bridgehead atoms. The summed E-state index contributed by atoms with van der Waals surface area (Å²) >= 11 is 0. The van der Waals surface area contributed by atoms with Crippen LogP contribution in [0.1, 0.15) is 27.2 Å². The molecule has 66 valence electrons. The summed E-state index contributed by atoms with van der Waals surface area (Å²) in [6, 6.07) is 0. The first-order chi connectivity index (χ1) is 4.73. The Morgan fingerprint density at radius 1 is 1.45 bits per heavy atom. The summed E-state index contributed by atoms with van der Waals surface area (Å²) in [5.74, 6) is 0. The van der Waals surface area contributed by atoms with Gasteiger partial charge in [-0.3, -0.25) is 4.48 Å². The maximum atomic E-state index is 9.76. The van der Waals surface area contributed by atoms with Crippen molar-refractivity contribution >= 4 is 0 Å². The van der Waals surface area contributed by atoms with Crippen LogP contribution in [0.15, 0.2) is 12.3 Å². The molecule has 0 atom stereocenters. The van der Waals surface area contributed by atoms with Crippen molar-refractivity contribution in [1.29, 1.82) is 0 Å². The highest BCUT2D eigenvalue weighted by atomic mass is 16.3. The van der Waals surface area contributed by atoms with Crippen LogP contribution in [0.25, 0.3) is 0 Å². The highest BCUT2D eigenvalue weighted by molar-refractivity contribution is 4.82. The molecule has 0 aromatic rings. The van der Waals surface area contributed by atoms with Crippen molar-refractivity contribution in [2.24, 2.45) is 0 Å². The summed E-state index contributed by atoms with van der Waals surface area (Å²) < 4.78 is 0.462. The average Bonchev–Trinajstić information content (AvgIpc) is 1.83. The van der Waals surface area contributed by atoms with Crippen molar-refractivity contribution in [1.82, 2.24) is 0 Å². The highest BCUT2D eigenvalue weighted by Crippen LogP contribution is 2.24. The van der Waals surface area contributed by atoms with E-state index >= 15 is 0 Å². The van der Waals surface area contributed by atoms with Crippen LogP contribution < -0.4 is 0 Å². The third-order valence-corrected chi connectivity index (χ3v) is 2.57. The number of hydrogen-bond acceptors (Lipinski definition) is 1. The van der Waals surface area contributed by atoms with Crippen LogP contribution in [0.4, 0.5) is 0 Å². The first kappa shape index (κ1) is 10.7. The molecule has 0 aromatic carbocycles. The standard InChI is InChI=1S/C9H20NO/c1-7-8(2)10(5,6)9(3,4)11/h11H,2,7H2,1,3-6H3/q+1. The Hall–Kier alpha value is -0.340. The van der Waals surface area contributed by atoms with Gasteiger partial charge in [-0.05, 0) is 6.58 Å². The van der Waals surface area contributed by atoms with Gasteiger partial charge in [0.2, 0.25) is 0 Å². The third-order valence-electron chi connectivity index (χ3n) is 2.57. The van der Waals surface area contributed by atoms with Crippen LogP contribution in [0, 0.1) is 0 Å². The number of quaternary nitrogens is 1. The molecule has 0 fully saturated rings. The maximum Gasteiger partial charge on any atom is 0.198 e. The second-order valence-corrected chi connectivity index (χ2v) is 3.87. The minimum atomic E-state index is -0.743. The fourth-order valence-electron chi connectivity index (χ4n) is 0.782. The zero-order chi connectivity index (χ0) is 9.28. The molecule has 0 spiro atoms. The molecule has 0 radical (unpaired) electrons. The molecule has 0 aromatic heterocycles. The topological polar surface area (TPSA) is 20.2 Å². The molecule has 0 aliphatic carbocycles. The van der Waals surface area contributed by atoms with Crippen LogP contribution in [0.5, 0.6) is 0 Å². The van der Waals surface area contributed by atoms with Crippen LogP contribution >= 0.6 is 0 Å². The molecule has 0 saturated carbocycles. The van der Waals surface area contributed by atoms with E-state index in [-0.39, 0.29) is 0 Å². The smallest absolute Gasteiger partial charge is 0.198 e. The van der Waals surface area contributed by atoms with E-state index in [2.05, 4.69) is 6.58 Å². The van der Waals surface area contributed by atoms with Gasteiger partial charge in [0, 0.05) is 20.3 Å².